The number of aryl methyl sites for hydroxylation is 2. The molecule has 4 aromatic rings. The van der Waals surface area contributed by atoms with Crippen LogP contribution in [0.3, 0.4) is 0 Å². The summed E-state index contributed by atoms with van der Waals surface area (Å²) in [4.78, 5) is 15.6. The number of fused-ring (bicyclic) bond motifs is 1. The molecule has 0 saturated heterocycles. The average molecular weight is 593 g/mol. The fraction of sp³-hybridized carbons (Fsp3) is 0.200. The lowest BCUT2D eigenvalue weighted by Crippen LogP contribution is -1.98. The number of aromatic nitrogens is 2. The second-order valence-electron chi connectivity index (χ2n) is 7.58. The zero-order valence-electron chi connectivity index (χ0n) is 17.8. The Labute approximate surface area is 213 Å². The number of carboxylic acids is 1. The van der Waals surface area contributed by atoms with E-state index in [0.717, 1.165) is 43.5 Å². The van der Waals surface area contributed by atoms with Crippen molar-refractivity contribution in [1.29, 1.82) is 0 Å². The molecule has 0 aliphatic rings. The van der Waals surface area contributed by atoms with E-state index in [4.69, 9.17) is 26.4 Å². The van der Waals surface area contributed by atoms with Crippen LogP contribution in [0.15, 0.2) is 63.5 Å². The van der Waals surface area contributed by atoms with Crippen LogP contribution >= 0.6 is 43.5 Å². The van der Waals surface area contributed by atoms with Crippen molar-refractivity contribution in [3.05, 3.63) is 74.1 Å². The van der Waals surface area contributed by atoms with Gasteiger partial charge in [0.1, 0.15) is 11.6 Å². The molecule has 0 unspecified atom stereocenters. The molecule has 0 aliphatic carbocycles. The predicted molar refractivity (Wildman–Crippen MR) is 138 cm³/mol. The Hall–Kier alpha value is -2.35. The molecule has 0 saturated carbocycles. The van der Waals surface area contributed by atoms with E-state index in [1.807, 2.05) is 54.6 Å². The minimum atomic E-state index is -0.783. The van der Waals surface area contributed by atoms with Crippen molar-refractivity contribution >= 4 is 60.5 Å². The maximum atomic E-state index is 10.8. The number of ether oxygens (including phenoxy) is 1. The van der Waals surface area contributed by atoms with Crippen LogP contribution in [0.1, 0.15) is 25.3 Å². The highest BCUT2D eigenvalue weighted by Crippen LogP contribution is 2.39. The fourth-order valence-electron chi connectivity index (χ4n) is 3.72. The third-order valence-corrected chi connectivity index (χ3v) is 6.70. The lowest BCUT2D eigenvalue weighted by Gasteiger charge is -2.13. The number of rotatable bonds is 8. The van der Waals surface area contributed by atoms with Crippen LogP contribution in [0.25, 0.3) is 22.4 Å². The summed E-state index contributed by atoms with van der Waals surface area (Å²) in [5, 5.41) is 9.54. The highest BCUT2D eigenvalue weighted by atomic mass is 79.9. The van der Waals surface area contributed by atoms with Crippen molar-refractivity contribution in [1.82, 2.24) is 9.55 Å². The number of hydrogen-bond donors (Lipinski definition) is 1. The van der Waals surface area contributed by atoms with E-state index in [1.54, 1.807) is 0 Å². The van der Waals surface area contributed by atoms with Crippen molar-refractivity contribution in [2.24, 2.45) is 0 Å². The van der Waals surface area contributed by atoms with Gasteiger partial charge in [0.05, 0.1) is 20.0 Å². The Kier molecular flexibility index (Phi) is 7.41. The van der Waals surface area contributed by atoms with Gasteiger partial charge in [-0.3, -0.25) is 4.79 Å². The molecule has 0 atom stereocenters. The molecule has 0 bridgehead atoms. The molecule has 170 valence electrons. The number of nitrogens with zero attached hydrogens (tertiary/aromatic N) is 2. The Bertz CT molecular complexity index is 1300. The minimum absolute atomic E-state index is 0.149. The topological polar surface area (TPSA) is 64.4 Å². The van der Waals surface area contributed by atoms with Crippen LogP contribution in [0, 0.1) is 0 Å². The monoisotopic (exact) mass is 590 g/mol. The molecule has 1 aromatic heterocycles. The zero-order chi connectivity index (χ0) is 23.5. The van der Waals surface area contributed by atoms with Gasteiger partial charge in [0.25, 0.3) is 0 Å². The highest BCUT2D eigenvalue weighted by molar-refractivity contribution is 9.11. The molecule has 0 spiro atoms. The number of carbonyl (C=O) groups is 1. The van der Waals surface area contributed by atoms with Gasteiger partial charge in [-0.25, -0.2) is 4.98 Å². The zero-order valence-corrected chi connectivity index (χ0v) is 21.7. The van der Waals surface area contributed by atoms with Crippen LogP contribution in [0.5, 0.6) is 11.5 Å². The summed E-state index contributed by atoms with van der Waals surface area (Å²) in [5.74, 6) is 1.46. The maximum absolute atomic E-state index is 10.8. The summed E-state index contributed by atoms with van der Waals surface area (Å²) in [6.07, 6.45) is 1.41. The summed E-state index contributed by atoms with van der Waals surface area (Å²) in [7, 11) is 0. The minimum Gasteiger partial charge on any atom is -0.481 e. The van der Waals surface area contributed by atoms with Crippen LogP contribution in [-0.2, 0) is 17.8 Å². The van der Waals surface area contributed by atoms with Gasteiger partial charge in [0.15, 0.2) is 5.75 Å². The van der Waals surface area contributed by atoms with E-state index >= 15 is 0 Å². The molecule has 5 nitrogen and oxygen atoms in total. The van der Waals surface area contributed by atoms with Gasteiger partial charge in [-0.2, -0.15) is 0 Å². The predicted octanol–water partition coefficient (Wildman–Crippen LogP) is 8.10. The Balaban J connectivity index is 1.63. The summed E-state index contributed by atoms with van der Waals surface area (Å²) >= 11 is 13.2. The van der Waals surface area contributed by atoms with Gasteiger partial charge in [-0.05, 0) is 106 Å². The third kappa shape index (κ3) is 5.42. The normalized spacial score (nSPS) is 11.2. The smallest absolute Gasteiger partial charge is 0.303 e. The quantitative estimate of drug-likeness (QED) is 0.225. The van der Waals surface area contributed by atoms with E-state index in [0.29, 0.717) is 29.4 Å². The molecule has 0 amide bonds. The first-order valence-electron chi connectivity index (χ1n) is 10.5. The van der Waals surface area contributed by atoms with Crippen LogP contribution < -0.4 is 4.74 Å². The number of imidazole rings is 1. The van der Waals surface area contributed by atoms with Crippen molar-refractivity contribution < 1.29 is 14.6 Å². The summed E-state index contributed by atoms with van der Waals surface area (Å²) < 4.78 is 9.98. The summed E-state index contributed by atoms with van der Waals surface area (Å²) in [6.45, 7) is 2.85. The van der Waals surface area contributed by atoms with Gasteiger partial charge in [-0.15, -0.1) is 0 Å². The van der Waals surface area contributed by atoms with Gasteiger partial charge < -0.3 is 14.4 Å². The van der Waals surface area contributed by atoms with Gasteiger partial charge in [-0.1, -0.05) is 11.6 Å². The second-order valence-corrected chi connectivity index (χ2v) is 9.72. The fourth-order valence-corrected chi connectivity index (χ4v) is 5.29. The standard InChI is InChI=1S/C25H21Br2ClN2O3/c1-2-30-22-14-18(10-11-21(22)29-25(30)16-6-8-17(28)9-7-16)33-24-19(26)12-15(13-20(24)27)4-3-5-23(31)32/h6-14H,2-5H2,1H3,(H,31,32). The van der Waals surface area contributed by atoms with Gasteiger partial charge >= 0.3 is 5.97 Å². The van der Waals surface area contributed by atoms with Crippen LogP contribution in [-0.4, -0.2) is 20.6 Å². The first kappa shape index (κ1) is 23.8. The molecular weight excluding hydrogens is 572 g/mol. The summed E-state index contributed by atoms with van der Waals surface area (Å²) in [6, 6.07) is 17.5. The molecule has 33 heavy (non-hydrogen) atoms. The number of hydrogen-bond acceptors (Lipinski definition) is 3. The van der Waals surface area contributed by atoms with Gasteiger partial charge in [0, 0.05) is 29.6 Å². The number of benzene rings is 3. The van der Waals surface area contributed by atoms with Crippen molar-refractivity contribution in [2.45, 2.75) is 32.7 Å². The highest BCUT2D eigenvalue weighted by Gasteiger charge is 2.15. The Morgan fingerprint density at radius 1 is 1.09 bits per heavy atom. The van der Waals surface area contributed by atoms with Gasteiger partial charge in [0.2, 0.25) is 0 Å². The van der Waals surface area contributed by atoms with Crippen molar-refractivity contribution in [3.63, 3.8) is 0 Å². The molecule has 1 heterocycles. The summed E-state index contributed by atoms with van der Waals surface area (Å²) in [5.41, 5.74) is 3.91. The van der Waals surface area contributed by atoms with E-state index < -0.39 is 5.97 Å². The molecule has 3 aromatic carbocycles. The molecule has 0 fully saturated rings. The molecule has 8 heteroatoms. The maximum Gasteiger partial charge on any atom is 0.303 e. The van der Waals surface area contributed by atoms with Crippen LogP contribution in [0.4, 0.5) is 0 Å². The first-order chi connectivity index (χ1) is 15.9. The second kappa shape index (κ2) is 10.3. The molecule has 0 radical (unpaired) electrons. The average Bonchev–Trinajstić information content (AvgIpc) is 3.14. The van der Waals surface area contributed by atoms with Crippen LogP contribution in [0.2, 0.25) is 5.02 Å². The van der Waals surface area contributed by atoms with Crippen molar-refractivity contribution in [3.8, 4) is 22.9 Å². The number of halogens is 3. The van der Waals surface area contributed by atoms with E-state index in [-0.39, 0.29) is 6.42 Å². The van der Waals surface area contributed by atoms with E-state index in [9.17, 15) is 4.79 Å². The number of aliphatic carboxylic acids is 1. The van der Waals surface area contributed by atoms with Crippen molar-refractivity contribution in [2.75, 3.05) is 0 Å². The Morgan fingerprint density at radius 3 is 2.42 bits per heavy atom. The molecular formula is C25H21Br2ClN2O3. The SMILES string of the molecule is CCn1c(-c2ccc(Cl)cc2)nc2ccc(Oc3c(Br)cc(CCCC(=O)O)cc3Br)cc21. The third-order valence-electron chi connectivity index (χ3n) is 5.27. The molecule has 0 aliphatic heterocycles. The van der Waals surface area contributed by atoms with E-state index in [2.05, 4.69) is 43.4 Å². The first-order valence-corrected chi connectivity index (χ1v) is 12.5. The largest absolute Gasteiger partial charge is 0.481 e. The lowest BCUT2D eigenvalue weighted by molar-refractivity contribution is -0.137. The number of carboxylic acid groups (broad SMARTS) is 1. The lowest BCUT2D eigenvalue weighted by atomic mass is 10.1. The van der Waals surface area contributed by atoms with E-state index in [1.165, 1.54) is 0 Å². The Morgan fingerprint density at radius 2 is 1.79 bits per heavy atom. The molecule has 4 rings (SSSR count). The molecule has 1 N–H and O–H groups in total.